The normalized spacial score (nSPS) is 33.2. The SMILES string of the molecule is Cc1ccc(C)c(CC2(C(=O)O)CC3CC3C2)c1. The van der Waals surface area contributed by atoms with Crippen molar-refractivity contribution in [3.05, 3.63) is 34.9 Å². The van der Waals surface area contributed by atoms with Crippen LogP contribution in [0.4, 0.5) is 0 Å². The van der Waals surface area contributed by atoms with Crippen LogP contribution in [0.5, 0.6) is 0 Å². The molecule has 1 aromatic carbocycles. The summed E-state index contributed by atoms with van der Waals surface area (Å²) in [5.41, 5.74) is 3.19. The van der Waals surface area contributed by atoms with Gasteiger partial charge in [0.1, 0.15) is 0 Å². The van der Waals surface area contributed by atoms with Gasteiger partial charge >= 0.3 is 5.97 Å². The molecule has 2 heteroatoms. The third kappa shape index (κ3) is 1.84. The Morgan fingerprint density at radius 3 is 2.61 bits per heavy atom. The molecule has 2 atom stereocenters. The fourth-order valence-corrected chi connectivity index (χ4v) is 3.65. The van der Waals surface area contributed by atoms with Crippen LogP contribution in [0, 0.1) is 31.1 Å². The number of rotatable bonds is 3. The number of aliphatic carboxylic acids is 1. The largest absolute Gasteiger partial charge is 0.481 e. The van der Waals surface area contributed by atoms with Gasteiger partial charge in [-0.3, -0.25) is 4.79 Å². The van der Waals surface area contributed by atoms with Crippen molar-refractivity contribution in [3.8, 4) is 0 Å². The number of hydrogen-bond acceptors (Lipinski definition) is 1. The van der Waals surface area contributed by atoms with Crippen LogP contribution >= 0.6 is 0 Å². The van der Waals surface area contributed by atoms with Crippen LogP contribution < -0.4 is 0 Å². The van der Waals surface area contributed by atoms with E-state index in [1.54, 1.807) is 0 Å². The summed E-state index contributed by atoms with van der Waals surface area (Å²) in [4.78, 5) is 11.7. The van der Waals surface area contributed by atoms with Gasteiger partial charge in [-0.2, -0.15) is 0 Å². The quantitative estimate of drug-likeness (QED) is 0.885. The lowest BCUT2D eigenvalue weighted by molar-refractivity contribution is -0.149. The minimum absolute atomic E-state index is 0.480. The summed E-state index contributed by atoms with van der Waals surface area (Å²) in [6.45, 7) is 4.16. The van der Waals surface area contributed by atoms with E-state index in [0.29, 0.717) is 18.3 Å². The van der Waals surface area contributed by atoms with Gasteiger partial charge in [0.2, 0.25) is 0 Å². The summed E-state index contributed by atoms with van der Waals surface area (Å²) in [7, 11) is 0. The summed E-state index contributed by atoms with van der Waals surface area (Å²) >= 11 is 0. The number of fused-ring (bicyclic) bond motifs is 1. The average molecular weight is 244 g/mol. The summed E-state index contributed by atoms with van der Waals surface area (Å²) in [5.74, 6) is 0.813. The number of aryl methyl sites for hydroxylation is 2. The fourth-order valence-electron chi connectivity index (χ4n) is 3.65. The van der Waals surface area contributed by atoms with Crippen molar-refractivity contribution in [2.24, 2.45) is 17.3 Å². The maximum absolute atomic E-state index is 11.7. The number of carboxylic acid groups (broad SMARTS) is 1. The first-order valence-corrected chi connectivity index (χ1v) is 6.80. The van der Waals surface area contributed by atoms with Crippen LogP contribution in [0.2, 0.25) is 0 Å². The van der Waals surface area contributed by atoms with Crippen LogP contribution in [0.3, 0.4) is 0 Å². The molecule has 0 amide bonds. The zero-order valence-corrected chi connectivity index (χ0v) is 11.1. The molecule has 2 saturated carbocycles. The van der Waals surface area contributed by atoms with Crippen molar-refractivity contribution in [2.75, 3.05) is 0 Å². The molecule has 0 saturated heterocycles. The molecule has 18 heavy (non-hydrogen) atoms. The Morgan fingerprint density at radius 2 is 2.00 bits per heavy atom. The molecule has 2 aliphatic rings. The predicted octanol–water partition coefficient (Wildman–Crippen LogP) is 3.35. The fraction of sp³-hybridized carbons (Fsp3) is 0.562. The molecule has 2 aliphatic carbocycles. The van der Waals surface area contributed by atoms with Gasteiger partial charge in [0, 0.05) is 0 Å². The molecular formula is C16H20O2. The minimum Gasteiger partial charge on any atom is -0.481 e. The van der Waals surface area contributed by atoms with E-state index in [1.165, 1.54) is 23.1 Å². The lowest BCUT2D eigenvalue weighted by Gasteiger charge is -2.27. The maximum atomic E-state index is 11.7. The first kappa shape index (κ1) is 11.8. The number of carboxylic acids is 1. The van der Waals surface area contributed by atoms with Crippen LogP contribution in [-0.2, 0) is 11.2 Å². The molecule has 0 aliphatic heterocycles. The van der Waals surface area contributed by atoms with Crippen molar-refractivity contribution in [3.63, 3.8) is 0 Å². The predicted molar refractivity (Wildman–Crippen MR) is 70.5 cm³/mol. The van der Waals surface area contributed by atoms with Crippen LogP contribution in [0.1, 0.15) is 36.0 Å². The zero-order chi connectivity index (χ0) is 12.9. The van der Waals surface area contributed by atoms with Gasteiger partial charge in [-0.25, -0.2) is 0 Å². The maximum Gasteiger partial charge on any atom is 0.309 e. The topological polar surface area (TPSA) is 37.3 Å². The third-order valence-electron chi connectivity index (χ3n) is 4.86. The Bertz CT molecular complexity index is 494. The van der Waals surface area contributed by atoms with Crippen molar-refractivity contribution < 1.29 is 9.90 Å². The van der Waals surface area contributed by atoms with Crippen LogP contribution in [-0.4, -0.2) is 11.1 Å². The monoisotopic (exact) mass is 244 g/mol. The van der Waals surface area contributed by atoms with E-state index in [0.717, 1.165) is 12.8 Å². The van der Waals surface area contributed by atoms with Crippen molar-refractivity contribution >= 4 is 5.97 Å². The Labute approximate surface area is 108 Å². The number of hydrogen-bond donors (Lipinski definition) is 1. The van der Waals surface area contributed by atoms with E-state index < -0.39 is 11.4 Å². The molecule has 0 bridgehead atoms. The molecule has 2 nitrogen and oxygen atoms in total. The Morgan fingerprint density at radius 1 is 1.33 bits per heavy atom. The number of benzene rings is 1. The number of carbonyl (C=O) groups is 1. The van der Waals surface area contributed by atoms with Gasteiger partial charge < -0.3 is 5.11 Å². The lowest BCUT2D eigenvalue weighted by Crippen LogP contribution is -2.32. The van der Waals surface area contributed by atoms with E-state index in [2.05, 4.69) is 32.0 Å². The summed E-state index contributed by atoms with van der Waals surface area (Å²) in [5, 5.41) is 9.62. The highest BCUT2D eigenvalue weighted by molar-refractivity contribution is 5.76. The van der Waals surface area contributed by atoms with E-state index in [1.807, 2.05) is 0 Å². The standard InChI is InChI=1S/C16H20O2/c1-10-3-4-11(2)12(5-10)7-16(15(17)18)8-13-6-14(13)9-16/h3-5,13-14H,6-9H2,1-2H3,(H,17,18). The van der Waals surface area contributed by atoms with Gasteiger partial charge in [0.25, 0.3) is 0 Å². The van der Waals surface area contributed by atoms with Gasteiger partial charge in [0.15, 0.2) is 0 Å². The van der Waals surface area contributed by atoms with Gasteiger partial charge in [0.05, 0.1) is 5.41 Å². The zero-order valence-electron chi connectivity index (χ0n) is 11.1. The van der Waals surface area contributed by atoms with E-state index >= 15 is 0 Å². The molecule has 0 aromatic heterocycles. The van der Waals surface area contributed by atoms with E-state index in [-0.39, 0.29) is 0 Å². The Kier molecular flexibility index (Phi) is 2.51. The lowest BCUT2D eigenvalue weighted by atomic mass is 9.76. The highest BCUT2D eigenvalue weighted by Crippen LogP contribution is 2.61. The smallest absolute Gasteiger partial charge is 0.309 e. The van der Waals surface area contributed by atoms with Crippen molar-refractivity contribution in [1.29, 1.82) is 0 Å². The summed E-state index contributed by atoms with van der Waals surface area (Å²) in [6.07, 6.45) is 3.76. The molecule has 2 unspecified atom stereocenters. The first-order chi connectivity index (χ1) is 8.50. The molecule has 2 fully saturated rings. The molecule has 0 radical (unpaired) electrons. The highest BCUT2D eigenvalue weighted by atomic mass is 16.4. The molecule has 1 N–H and O–H groups in total. The second-order valence-corrected chi connectivity index (χ2v) is 6.36. The van der Waals surface area contributed by atoms with Crippen LogP contribution in [0.15, 0.2) is 18.2 Å². The first-order valence-electron chi connectivity index (χ1n) is 6.80. The van der Waals surface area contributed by atoms with E-state index in [9.17, 15) is 9.90 Å². The second-order valence-electron chi connectivity index (χ2n) is 6.36. The van der Waals surface area contributed by atoms with E-state index in [4.69, 9.17) is 0 Å². The Balaban J connectivity index is 1.89. The average Bonchev–Trinajstić information content (AvgIpc) is 2.92. The molecule has 1 aromatic rings. The van der Waals surface area contributed by atoms with Crippen molar-refractivity contribution in [1.82, 2.24) is 0 Å². The molecule has 0 heterocycles. The van der Waals surface area contributed by atoms with Crippen LogP contribution in [0.25, 0.3) is 0 Å². The minimum atomic E-state index is -0.587. The van der Waals surface area contributed by atoms with Gasteiger partial charge in [-0.15, -0.1) is 0 Å². The Hall–Kier alpha value is -1.31. The third-order valence-corrected chi connectivity index (χ3v) is 4.86. The molecule has 0 spiro atoms. The molecular weight excluding hydrogens is 224 g/mol. The van der Waals surface area contributed by atoms with Gasteiger partial charge in [-0.1, -0.05) is 23.8 Å². The van der Waals surface area contributed by atoms with Gasteiger partial charge in [-0.05, 0) is 62.5 Å². The highest BCUT2D eigenvalue weighted by Gasteiger charge is 2.57. The molecule has 96 valence electrons. The summed E-state index contributed by atoms with van der Waals surface area (Å²) < 4.78 is 0. The second kappa shape index (κ2) is 3.84. The van der Waals surface area contributed by atoms with Crippen molar-refractivity contribution in [2.45, 2.75) is 39.5 Å². The molecule has 3 rings (SSSR count). The summed E-state index contributed by atoms with van der Waals surface area (Å²) in [6, 6.07) is 6.36.